The Labute approximate surface area is 200 Å². The number of benzene rings is 3. The number of ether oxygens (including phenoxy) is 1. The molecule has 4 aromatic rings. The summed E-state index contributed by atoms with van der Waals surface area (Å²) < 4.78 is 5.91. The molecule has 170 valence electrons. The third kappa shape index (κ3) is 4.09. The lowest BCUT2D eigenvalue weighted by atomic mass is 9.98. The summed E-state index contributed by atoms with van der Waals surface area (Å²) >= 11 is 0. The molecule has 5 nitrogen and oxygen atoms in total. The second-order valence-corrected chi connectivity index (χ2v) is 9.02. The number of nitriles is 1. The molecule has 0 saturated carbocycles. The van der Waals surface area contributed by atoms with Crippen molar-refractivity contribution in [1.82, 2.24) is 10.3 Å². The van der Waals surface area contributed by atoms with Crippen LogP contribution in [0, 0.1) is 11.3 Å². The van der Waals surface area contributed by atoms with Crippen LogP contribution in [0.3, 0.4) is 0 Å². The van der Waals surface area contributed by atoms with Crippen LogP contribution in [0.1, 0.15) is 19.4 Å². The average molecular weight is 449 g/mol. The van der Waals surface area contributed by atoms with Crippen molar-refractivity contribution in [3.05, 3.63) is 78.5 Å². The maximum atomic E-state index is 9.11. The highest BCUT2D eigenvalue weighted by molar-refractivity contribution is 6.00. The summed E-state index contributed by atoms with van der Waals surface area (Å²) in [6.07, 6.45) is 1.90. The van der Waals surface area contributed by atoms with Gasteiger partial charge < -0.3 is 15.0 Å². The lowest BCUT2D eigenvalue weighted by Crippen LogP contribution is -2.54. The molecule has 1 aliphatic rings. The first-order valence-electron chi connectivity index (χ1n) is 11.6. The summed E-state index contributed by atoms with van der Waals surface area (Å²) in [6.45, 7) is 6.47. The molecule has 1 N–H and O–H groups in total. The largest absolute Gasteiger partial charge is 0.495 e. The molecule has 2 unspecified atom stereocenters. The van der Waals surface area contributed by atoms with Crippen molar-refractivity contribution in [1.29, 1.82) is 5.26 Å². The first-order chi connectivity index (χ1) is 16.6. The van der Waals surface area contributed by atoms with E-state index in [9.17, 15) is 0 Å². The summed E-state index contributed by atoms with van der Waals surface area (Å²) in [5.41, 5.74) is 6.86. The predicted octanol–water partition coefficient (Wildman–Crippen LogP) is 5.64. The molecule has 0 spiro atoms. The van der Waals surface area contributed by atoms with Crippen molar-refractivity contribution >= 4 is 16.6 Å². The fourth-order valence-corrected chi connectivity index (χ4v) is 4.97. The monoisotopic (exact) mass is 448 g/mol. The second-order valence-electron chi connectivity index (χ2n) is 9.02. The molecule has 1 fully saturated rings. The minimum atomic E-state index is 0.471. The Hall–Kier alpha value is -3.88. The van der Waals surface area contributed by atoms with E-state index in [0.717, 1.165) is 52.0 Å². The van der Waals surface area contributed by atoms with Gasteiger partial charge in [-0.2, -0.15) is 5.26 Å². The van der Waals surface area contributed by atoms with Gasteiger partial charge in [0, 0.05) is 53.6 Å². The number of hydrogen-bond donors (Lipinski definition) is 1. The molecule has 1 aromatic heterocycles. The molecule has 2 heterocycles. The number of anilines is 1. The van der Waals surface area contributed by atoms with Crippen LogP contribution < -0.4 is 15.0 Å². The van der Waals surface area contributed by atoms with Gasteiger partial charge in [0.1, 0.15) is 5.75 Å². The predicted molar refractivity (Wildman–Crippen MR) is 138 cm³/mol. The fourth-order valence-electron chi connectivity index (χ4n) is 4.97. The van der Waals surface area contributed by atoms with Gasteiger partial charge in [0.2, 0.25) is 0 Å². The molecular formula is C29H28N4O. The molecule has 0 radical (unpaired) electrons. The molecule has 2 atom stereocenters. The molecule has 5 rings (SSSR count). The number of aromatic nitrogens is 1. The van der Waals surface area contributed by atoms with Crippen molar-refractivity contribution in [2.75, 3.05) is 25.1 Å². The van der Waals surface area contributed by atoms with Crippen LogP contribution in [0.5, 0.6) is 5.75 Å². The van der Waals surface area contributed by atoms with E-state index >= 15 is 0 Å². The number of para-hydroxylation sites is 1. The van der Waals surface area contributed by atoms with Gasteiger partial charge in [-0.25, -0.2) is 0 Å². The Balaban J connectivity index is 1.52. The normalized spacial score (nSPS) is 18.0. The summed E-state index contributed by atoms with van der Waals surface area (Å²) in [6, 6.07) is 25.5. The van der Waals surface area contributed by atoms with Gasteiger partial charge in [0.25, 0.3) is 0 Å². The van der Waals surface area contributed by atoms with E-state index in [1.807, 2.05) is 36.5 Å². The molecule has 1 saturated heterocycles. The van der Waals surface area contributed by atoms with E-state index < -0.39 is 0 Å². The number of methoxy groups -OCH3 is 1. The van der Waals surface area contributed by atoms with Gasteiger partial charge >= 0.3 is 0 Å². The van der Waals surface area contributed by atoms with E-state index in [0.29, 0.717) is 17.6 Å². The number of pyridine rings is 1. The van der Waals surface area contributed by atoms with Crippen LogP contribution in [0.4, 0.5) is 5.69 Å². The zero-order chi connectivity index (χ0) is 23.7. The summed E-state index contributed by atoms with van der Waals surface area (Å²) in [5.74, 6) is 0.817. The van der Waals surface area contributed by atoms with Crippen molar-refractivity contribution in [2.24, 2.45) is 0 Å². The zero-order valence-corrected chi connectivity index (χ0v) is 19.7. The Morgan fingerprint density at radius 3 is 2.21 bits per heavy atom. The minimum absolute atomic E-state index is 0.471. The van der Waals surface area contributed by atoms with Crippen LogP contribution in [0.25, 0.3) is 33.2 Å². The number of hydrogen-bond acceptors (Lipinski definition) is 5. The quantitative estimate of drug-likeness (QED) is 0.438. The minimum Gasteiger partial charge on any atom is -0.495 e. The van der Waals surface area contributed by atoms with Crippen LogP contribution >= 0.6 is 0 Å². The molecule has 0 bridgehead atoms. The third-order valence-electron chi connectivity index (χ3n) is 6.48. The molecule has 3 aromatic carbocycles. The number of nitrogens with zero attached hydrogens (tertiary/aromatic N) is 3. The highest BCUT2D eigenvalue weighted by Gasteiger charge is 2.21. The van der Waals surface area contributed by atoms with Gasteiger partial charge in [-0.3, -0.25) is 4.98 Å². The summed E-state index contributed by atoms with van der Waals surface area (Å²) in [7, 11) is 1.71. The van der Waals surface area contributed by atoms with Crippen LogP contribution in [0.15, 0.2) is 72.9 Å². The molecule has 34 heavy (non-hydrogen) atoms. The topological polar surface area (TPSA) is 61.2 Å². The smallest absolute Gasteiger partial charge is 0.137 e. The van der Waals surface area contributed by atoms with E-state index in [1.165, 1.54) is 5.69 Å². The number of piperazine rings is 1. The first kappa shape index (κ1) is 21.9. The highest BCUT2D eigenvalue weighted by Crippen LogP contribution is 2.39. The maximum Gasteiger partial charge on any atom is 0.137 e. The number of fused-ring (bicyclic) bond motifs is 1. The van der Waals surface area contributed by atoms with Gasteiger partial charge in [-0.05, 0) is 55.3 Å². The van der Waals surface area contributed by atoms with Gasteiger partial charge in [-0.15, -0.1) is 0 Å². The summed E-state index contributed by atoms with van der Waals surface area (Å²) in [5, 5.41) is 13.7. The lowest BCUT2D eigenvalue weighted by molar-refractivity contribution is 0.407. The lowest BCUT2D eigenvalue weighted by Gasteiger charge is -2.37. The van der Waals surface area contributed by atoms with Crippen molar-refractivity contribution in [3.63, 3.8) is 0 Å². The van der Waals surface area contributed by atoms with Crippen molar-refractivity contribution in [2.45, 2.75) is 25.9 Å². The SMILES string of the molecule is COc1c(-c2ccc(N3CC(C)NC(C)C3)cc2)cnc2c(-c3ccc(C#N)cc3)cccc12. The third-order valence-corrected chi connectivity index (χ3v) is 6.48. The molecule has 1 aliphatic heterocycles. The van der Waals surface area contributed by atoms with Crippen LogP contribution in [0.2, 0.25) is 0 Å². The van der Waals surface area contributed by atoms with Gasteiger partial charge in [0.05, 0.1) is 24.3 Å². The fraction of sp³-hybridized carbons (Fsp3) is 0.241. The average Bonchev–Trinajstić information content (AvgIpc) is 2.87. The van der Waals surface area contributed by atoms with Crippen molar-refractivity contribution in [3.8, 4) is 34.1 Å². The molecule has 5 heteroatoms. The number of nitrogens with one attached hydrogen (secondary N) is 1. The Morgan fingerprint density at radius 2 is 1.56 bits per heavy atom. The molecule has 0 amide bonds. The maximum absolute atomic E-state index is 9.11. The molecule has 0 aliphatic carbocycles. The first-order valence-corrected chi connectivity index (χ1v) is 11.6. The van der Waals surface area contributed by atoms with Gasteiger partial charge in [-0.1, -0.05) is 36.4 Å². The Bertz CT molecular complexity index is 1350. The van der Waals surface area contributed by atoms with Crippen LogP contribution in [-0.4, -0.2) is 37.3 Å². The van der Waals surface area contributed by atoms with Crippen LogP contribution in [-0.2, 0) is 0 Å². The van der Waals surface area contributed by atoms with Crippen molar-refractivity contribution < 1.29 is 4.74 Å². The van der Waals surface area contributed by atoms with E-state index in [2.05, 4.69) is 66.5 Å². The Kier molecular flexibility index (Phi) is 5.91. The van der Waals surface area contributed by atoms with Gasteiger partial charge in [0.15, 0.2) is 0 Å². The van der Waals surface area contributed by atoms with E-state index in [4.69, 9.17) is 15.0 Å². The summed E-state index contributed by atoms with van der Waals surface area (Å²) in [4.78, 5) is 7.29. The zero-order valence-electron chi connectivity index (χ0n) is 19.7. The highest BCUT2D eigenvalue weighted by atomic mass is 16.5. The number of rotatable bonds is 4. The standard InChI is InChI=1S/C29H28N4O/c1-19-17-33(18-20(2)32-19)24-13-11-23(12-14-24)27-16-31-28-25(5-4-6-26(28)29(27)34-3)22-9-7-21(15-30)8-10-22/h4-14,16,19-20,32H,17-18H2,1-3H3. The second kappa shape index (κ2) is 9.17. The Morgan fingerprint density at radius 1 is 0.912 bits per heavy atom. The van der Waals surface area contributed by atoms with E-state index in [1.54, 1.807) is 7.11 Å². The van der Waals surface area contributed by atoms with E-state index in [-0.39, 0.29) is 0 Å². The molecular weight excluding hydrogens is 420 g/mol.